The molecular weight excluding hydrogens is 485 g/mol. The summed E-state index contributed by atoms with van der Waals surface area (Å²) in [6.07, 6.45) is -4.55. The Bertz CT molecular complexity index is 1180. The molecule has 35 heavy (non-hydrogen) atoms. The first kappa shape index (κ1) is 25.4. The van der Waals surface area contributed by atoms with Crippen LogP contribution in [0.25, 0.3) is 0 Å². The number of halogens is 3. The van der Waals surface area contributed by atoms with Gasteiger partial charge < -0.3 is 14.5 Å². The molecule has 0 N–H and O–H groups in total. The minimum absolute atomic E-state index is 0.0352. The summed E-state index contributed by atoms with van der Waals surface area (Å²) < 4.78 is 71.0. The zero-order chi connectivity index (χ0) is 25.4. The summed E-state index contributed by atoms with van der Waals surface area (Å²) in [7, 11) is -4.00. The first-order valence-corrected chi connectivity index (χ1v) is 12.7. The molecule has 2 aliphatic rings. The van der Waals surface area contributed by atoms with Crippen molar-refractivity contribution in [1.82, 2.24) is 14.2 Å². The van der Waals surface area contributed by atoms with Crippen molar-refractivity contribution < 1.29 is 31.1 Å². The van der Waals surface area contributed by atoms with Gasteiger partial charge in [-0.3, -0.25) is 4.79 Å². The van der Waals surface area contributed by atoms with Crippen LogP contribution < -0.4 is 4.90 Å². The van der Waals surface area contributed by atoms with Crippen LogP contribution in [0.5, 0.6) is 0 Å². The Kier molecular flexibility index (Phi) is 7.07. The summed E-state index contributed by atoms with van der Waals surface area (Å²) in [4.78, 5) is 21.3. The lowest BCUT2D eigenvalue weighted by Gasteiger charge is -2.39. The maximum Gasteiger partial charge on any atom is 0.416 e. The molecule has 190 valence electrons. The van der Waals surface area contributed by atoms with Crippen LogP contribution in [-0.4, -0.2) is 80.5 Å². The standard InChI is InChI=1S/C23H27F3N4O4S/c1-16-15-29(35(32,33)19-5-3-18(4-6-19)23(24,25)26)9-10-30(16)22(31)20-7-8-21(27-17(20)2)28-11-13-34-14-12-28/h3-8,16H,9-15H2,1-2H3. The highest BCUT2D eigenvalue weighted by Gasteiger charge is 2.36. The Balaban J connectivity index is 1.45. The van der Waals surface area contributed by atoms with Crippen molar-refractivity contribution in [3.05, 3.63) is 53.2 Å². The van der Waals surface area contributed by atoms with E-state index in [-0.39, 0.29) is 30.4 Å². The number of morpholine rings is 1. The maximum atomic E-state index is 13.3. The van der Waals surface area contributed by atoms with Gasteiger partial charge in [0.25, 0.3) is 5.91 Å². The molecule has 2 saturated heterocycles. The van der Waals surface area contributed by atoms with Crippen LogP contribution in [0.15, 0.2) is 41.3 Å². The highest BCUT2D eigenvalue weighted by Crippen LogP contribution is 2.30. The number of amides is 1. The molecule has 8 nitrogen and oxygen atoms in total. The number of hydrogen-bond donors (Lipinski definition) is 0. The number of aryl methyl sites for hydroxylation is 1. The summed E-state index contributed by atoms with van der Waals surface area (Å²) in [5.74, 6) is 0.547. The molecule has 3 heterocycles. The van der Waals surface area contributed by atoms with Crippen LogP contribution in [0.3, 0.4) is 0 Å². The molecule has 1 aromatic carbocycles. The molecule has 2 aliphatic heterocycles. The second-order valence-electron chi connectivity index (χ2n) is 8.63. The summed E-state index contributed by atoms with van der Waals surface area (Å²) >= 11 is 0. The fourth-order valence-electron chi connectivity index (χ4n) is 4.31. The molecule has 0 saturated carbocycles. The molecule has 0 bridgehead atoms. The summed E-state index contributed by atoms with van der Waals surface area (Å²) in [5, 5.41) is 0. The molecule has 12 heteroatoms. The summed E-state index contributed by atoms with van der Waals surface area (Å²) in [6, 6.07) is 6.56. The van der Waals surface area contributed by atoms with Crippen molar-refractivity contribution in [2.45, 2.75) is 31.0 Å². The highest BCUT2D eigenvalue weighted by atomic mass is 32.2. The lowest BCUT2D eigenvalue weighted by atomic mass is 10.1. The number of anilines is 1. The first-order chi connectivity index (χ1) is 16.5. The number of alkyl halides is 3. The van der Waals surface area contributed by atoms with Gasteiger partial charge in [0, 0.05) is 38.8 Å². The minimum atomic E-state index is -4.55. The zero-order valence-corrected chi connectivity index (χ0v) is 20.3. The van der Waals surface area contributed by atoms with Gasteiger partial charge in [0.15, 0.2) is 0 Å². The number of aromatic nitrogens is 1. The molecule has 1 aromatic heterocycles. The first-order valence-electron chi connectivity index (χ1n) is 11.3. The third kappa shape index (κ3) is 5.29. The third-order valence-corrected chi connectivity index (χ3v) is 8.19. The predicted octanol–water partition coefficient (Wildman–Crippen LogP) is 2.78. The molecule has 1 amide bonds. The molecular formula is C23H27F3N4O4S. The molecule has 1 unspecified atom stereocenters. The largest absolute Gasteiger partial charge is 0.416 e. The number of benzene rings is 1. The molecule has 0 aliphatic carbocycles. The van der Waals surface area contributed by atoms with Crippen molar-refractivity contribution in [3.8, 4) is 0 Å². The van der Waals surface area contributed by atoms with Crippen molar-refractivity contribution in [2.24, 2.45) is 0 Å². The summed E-state index contributed by atoms with van der Waals surface area (Å²) in [6.45, 7) is 6.45. The topological polar surface area (TPSA) is 83.1 Å². The van der Waals surface area contributed by atoms with Gasteiger partial charge in [-0.2, -0.15) is 17.5 Å². The zero-order valence-electron chi connectivity index (χ0n) is 19.5. The van der Waals surface area contributed by atoms with Gasteiger partial charge in [-0.05, 0) is 50.2 Å². The van der Waals surface area contributed by atoms with Crippen LogP contribution in [0.1, 0.15) is 28.5 Å². The normalized spacial score (nSPS) is 20.2. The van der Waals surface area contributed by atoms with Gasteiger partial charge in [0.05, 0.1) is 34.9 Å². The van der Waals surface area contributed by atoms with E-state index in [0.717, 1.165) is 43.2 Å². The molecule has 2 fully saturated rings. The number of rotatable bonds is 4. The Morgan fingerprint density at radius 3 is 2.26 bits per heavy atom. The van der Waals surface area contributed by atoms with E-state index in [0.29, 0.717) is 24.5 Å². The van der Waals surface area contributed by atoms with Crippen molar-refractivity contribution in [3.63, 3.8) is 0 Å². The number of carbonyl (C=O) groups excluding carboxylic acids is 1. The molecule has 4 rings (SSSR count). The second kappa shape index (κ2) is 9.75. The molecule has 0 spiro atoms. The van der Waals surface area contributed by atoms with E-state index in [1.807, 2.05) is 6.07 Å². The highest BCUT2D eigenvalue weighted by molar-refractivity contribution is 7.89. The van der Waals surface area contributed by atoms with Crippen LogP contribution in [0.4, 0.5) is 19.0 Å². The van der Waals surface area contributed by atoms with Gasteiger partial charge in [-0.25, -0.2) is 13.4 Å². The van der Waals surface area contributed by atoms with E-state index in [1.165, 1.54) is 4.31 Å². The summed E-state index contributed by atoms with van der Waals surface area (Å²) in [5.41, 5.74) is 0.128. The van der Waals surface area contributed by atoms with Crippen molar-refractivity contribution >= 4 is 21.7 Å². The predicted molar refractivity (Wildman–Crippen MR) is 123 cm³/mol. The number of ether oxygens (including phenoxy) is 1. The fourth-order valence-corrected chi connectivity index (χ4v) is 5.82. The molecule has 2 aromatic rings. The van der Waals surface area contributed by atoms with Crippen molar-refractivity contribution in [2.75, 3.05) is 50.8 Å². The molecule has 1 atom stereocenters. The lowest BCUT2D eigenvalue weighted by molar-refractivity contribution is -0.137. The number of hydrogen-bond acceptors (Lipinski definition) is 6. The van der Waals surface area contributed by atoms with Crippen LogP contribution >= 0.6 is 0 Å². The van der Waals surface area contributed by atoms with Crippen LogP contribution in [-0.2, 0) is 20.9 Å². The SMILES string of the molecule is Cc1nc(N2CCOCC2)ccc1C(=O)N1CCN(S(=O)(=O)c2ccc(C(F)(F)F)cc2)CC1C. The van der Waals surface area contributed by atoms with Gasteiger partial charge in [-0.1, -0.05) is 0 Å². The smallest absolute Gasteiger partial charge is 0.378 e. The van der Waals surface area contributed by atoms with E-state index in [4.69, 9.17) is 4.74 Å². The Labute approximate surface area is 202 Å². The van der Waals surface area contributed by atoms with E-state index in [9.17, 15) is 26.4 Å². The quantitative estimate of drug-likeness (QED) is 0.627. The number of carbonyl (C=O) groups is 1. The van der Waals surface area contributed by atoms with Gasteiger partial charge in [0.2, 0.25) is 10.0 Å². The average molecular weight is 513 g/mol. The number of pyridine rings is 1. The van der Waals surface area contributed by atoms with Crippen molar-refractivity contribution in [1.29, 1.82) is 0 Å². The fraction of sp³-hybridized carbons (Fsp3) is 0.478. The Morgan fingerprint density at radius 2 is 1.69 bits per heavy atom. The van der Waals surface area contributed by atoms with E-state index < -0.39 is 27.8 Å². The van der Waals surface area contributed by atoms with E-state index in [2.05, 4.69) is 9.88 Å². The van der Waals surface area contributed by atoms with E-state index in [1.54, 1.807) is 24.8 Å². The maximum absolute atomic E-state index is 13.3. The van der Waals surface area contributed by atoms with Gasteiger partial charge in [0.1, 0.15) is 5.82 Å². The Hall–Kier alpha value is -2.70. The van der Waals surface area contributed by atoms with E-state index >= 15 is 0 Å². The average Bonchev–Trinajstić information content (AvgIpc) is 2.83. The monoisotopic (exact) mass is 512 g/mol. The number of piperazine rings is 1. The third-order valence-electron chi connectivity index (χ3n) is 6.31. The van der Waals surface area contributed by atoms with Crippen LogP contribution in [0.2, 0.25) is 0 Å². The molecule has 0 radical (unpaired) electrons. The van der Waals surface area contributed by atoms with Crippen LogP contribution in [0, 0.1) is 6.92 Å². The Morgan fingerprint density at radius 1 is 1.03 bits per heavy atom. The second-order valence-corrected chi connectivity index (χ2v) is 10.6. The van der Waals surface area contributed by atoms with Gasteiger partial charge >= 0.3 is 6.18 Å². The minimum Gasteiger partial charge on any atom is -0.378 e. The number of sulfonamides is 1. The van der Waals surface area contributed by atoms with Gasteiger partial charge in [-0.15, -0.1) is 0 Å². The number of nitrogens with zero attached hydrogens (tertiary/aromatic N) is 4. The lowest BCUT2D eigenvalue weighted by Crippen LogP contribution is -2.55.